The van der Waals surface area contributed by atoms with E-state index in [0.29, 0.717) is 13.2 Å². The van der Waals surface area contributed by atoms with Crippen LogP contribution >= 0.6 is 0 Å². The van der Waals surface area contributed by atoms with E-state index >= 15 is 0 Å². The summed E-state index contributed by atoms with van der Waals surface area (Å²) in [7, 11) is 0. The lowest BCUT2D eigenvalue weighted by Gasteiger charge is -2.31. The molecule has 1 heterocycles. The Balaban J connectivity index is 2.02. The molecule has 0 aromatic heterocycles. The Morgan fingerprint density at radius 1 is 1.33 bits per heavy atom. The average molecular weight is 255 g/mol. The Kier molecular flexibility index (Phi) is 4.06. The molecule has 1 aliphatic carbocycles. The fraction of sp³-hybridized carbons (Fsp3) is 0.833. The molecule has 0 spiro atoms. The van der Waals surface area contributed by atoms with Crippen LogP contribution in [0.25, 0.3) is 0 Å². The minimum Gasteiger partial charge on any atom is -0.409 e. The van der Waals surface area contributed by atoms with E-state index in [2.05, 4.69) is 10.5 Å². The Morgan fingerprint density at radius 3 is 2.50 bits per heavy atom. The summed E-state index contributed by atoms with van der Waals surface area (Å²) >= 11 is 0. The van der Waals surface area contributed by atoms with Gasteiger partial charge in [-0.05, 0) is 25.7 Å². The number of hydrogen-bond donors (Lipinski definition) is 3. The van der Waals surface area contributed by atoms with Crippen molar-refractivity contribution in [3.8, 4) is 0 Å². The summed E-state index contributed by atoms with van der Waals surface area (Å²) in [5.41, 5.74) is 5.12. The van der Waals surface area contributed by atoms with Crippen molar-refractivity contribution >= 4 is 11.7 Å². The maximum absolute atomic E-state index is 12.2. The molecule has 0 aromatic carbocycles. The van der Waals surface area contributed by atoms with Gasteiger partial charge in [0.05, 0.1) is 0 Å². The topological polar surface area (TPSA) is 96.9 Å². The van der Waals surface area contributed by atoms with Crippen molar-refractivity contribution in [2.24, 2.45) is 16.8 Å². The lowest BCUT2D eigenvalue weighted by Crippen LogP contribution is -2.57. The molecule has 2 rings (SSSR count). The van der Waals surface area contributed by atoms with Crippen LogP contribution in [0.1, 0.15) is 38.5 Å². The number of nitrogens with one attached hydrogen (secondary N) is 1. The first-order valence-electron chi connectivity index (χ1n) is 6.56. The Morgan fingerprint density at radius 2 is 1.94 bits per heavy atom. The minimum absolute atomic E-state index is 0.00630. The van der Waals surface area contributed by atoms with Gasteiger partial charge in [-0.1, -0.05) is 18.0 Å². The van der Waals surface area contributed by atoms with Gasteiger partial charge in [-0.15, -0.1) is 0 Å². The van der Waals surface area contributed by atoms with E-state index in [0.717, 1.165) is 38.5 Å². The van der Waals surface area contributed by atoms with Crippen LogP contribution in [0.15, 0.2) is 5.16 Å². The predicted molar refractivity (Wildman–Crippen MR) is 66.3 cm³/mol. The molecule has 1 amide bonds. The quantitative estimate of drug-likeness (QED) is 0.297. The second-order valence-electron chi connectivity index (χ2n) is 5.15. The zero-order chi connectivity index (χ0) is 13.0. The van der Waals surface area contributed by atoms with Gasteiger partial charge in [0, 0.05) is 19.1 Å². The van der Waals surface area contributed by atoms with Crippen LogP contribution in [-0.2, 0) is 9.53 Å². The van der Waals surface area contributed by atoms with Crippen molar-refractivity contribution in [1.29, 1.82) is 0 Å². The van der Waals surface area contributed by atoms with E-state index < -0.39 is 5.54 Å². The molecule has 0 unspecified atom stereocenters. The summed E-state index contributed by atoms with van der Waals surface area (Å²) in [5.74, 6) is 0.120. The van der Waals surface area contributed by atoms with Gasteiger partial charge in [0.15, 0.2) is 5.84 Å². The molecule has 6 heteroatoms. The highest BCUT2D eigenvalue weighted by Gasteiger charge is 2.41. The zero-order valence-corrected chi connectivity index (χ0v) is 10.5. The molecule has 0 aromatic rings. The lowest BCUT2D eigenvalue weighted by atomic mass is 9.92. The fourth-order valence-electron chi connectivity index (χ4n) is 2.82. The number of hydrogen-bond acceptors (Lipinski definition) is 4. The number of oxime groups is 1. The molecule has 0 bridgehead atoms. The Bertz CT molecular complexity index is 331. The molecule has 1 aliphatic heterocycles. The highest BCUT2D eigenvalue weighted by atomic mass is 16.5. The van der Waals surface area contributed by atoms with Crippen LogP contribution < -0.4 is 11.1 Å². The monoisotopic (exact) mass is 255 g/mol. The first-order valence-corrected chi connectivity index (χ1v) is 6.56. The standard InChI is InChI=1S/C12H21N3O3/c13-11(15-17)12(5-1-2-6-12)14-10(16)9-3-7-18-8-4-9/h9,17H,1-8H2,(H2,13,15)(H,14,16). The molecule has 2 fully saturated rings. The Hall–Kier alpha value is -1.30. The van der Waals surface area contributed by atoms with E-state index in [9.17, 15) is 4.79 Å². The van der Waals surface area contributed by atoms with Gasteiger partial charge in [-0.3, -0.25) is 4.79 Å². The number of amides is 1. The minimum atomic E-state index is -0.635. The van der Waals surface area contributed by atoms with Crippen LogP contribution in [0.4, 0.5) is 0 Å². The van der Waals surface area contributed by atoms with Crippen LogP contribution in [0.2, 0.25) is 0 Å². The zero-order valence-electron chi connectivity index (χ0n) is 10.5. The SMILES string of the molecule is N/C(=N/O)C1(NC(=O)C2CCOCC2)CCCC1. The third-order valence-corrected chi connectivity index (χ3v) is 4.01. The third kappa shape index (κ3) is 2.58. The molecule has 0 radical (unpaired) electrons. The third-order valence-electron chi connectivity index (χ3n) is 4.01. The van der Waals surface area contributed by atoms with Crippen molar-refractivity contribution in [3.05, 3.63) is 0 Å². The highest BCUT2D eigenvalue weighted by Crippen LogP contribution is 2.30. The largest absolute Gasteiger partial charge is 0.409 e. The molecule has 4 N–H and O–H groups in total. The maximum Gasteiger partial charge on any atom is 0.224 e. The number of rotatable bonds is 3. The van der Waals surface area contributed by atoms with Gasteiger partial charge in [-0.25, -0.2) is 0 Å². The molecule has 1 saturated carbocycles. The summed E-state index contributed by atoms with van der Waals surface area (Å²) in [5, 5.41) is 15.0. The molecule has 6 nitrogen and oxygen atoms in total. The van der Waals surface area contributed by atoms with E-state index in [-0.39, 0.29) is 17.7 Å². The summed E-state index contributed by atoms with van der Waals surface area (Å²) in [6.07, 6.45) is 4.97. The normalized spacial score (nSPS) is 25.0. The number of carbonyl (C=O) groups is 1. The van der Waals surface area contributed by atoms with E-state index in [1.807, 2.05) is 0 Å². The number of nitrogens with zero attached hydrogens (tertiary/aromatic N) is 1. The van der Waals surface area contributed by atoms with Gasteiger partial charge in [0.1, 0.15) is 5.54 Å². The number of carbonyl (C=O) groups excluding carboxylic acids is 1. The van der Waals surface area contributed by atoms with E-state index in [1.54, 1.807) is 0 Å². The average Bonchev–Trinajstić information content (AvgIpc) is 2.88. The van der Waals surface area contributed by atoms with E-state index in [4.69, 9.17) is 15.7 Å². The van der Waals surface area contributed by atoms with Gasteiger partial charge in [-0.2, -0.15) is 0 Å². The molecular weight excluding hydrogens is 234 g/mol. The lowest BCUT2D eigenvalue weighted by molar-refractivity contribution is -0.129. The van der Waals surface area contributed by atoms with Crippen LogP contribution in [0, 0.1) is 5.92 Å². The summed E-state index contributed by atoms with van der Waals surface area (Å²) < 4.78 is 5.25. The first-order chi connectivity index (χ1) is 8.68. The highest BCUT2D eigenvalue weighted by molar-refractivity contribution is 5.94. The molecular formula is C12H21N3O3. The molecule has 18 heavy (non-hydrogen) atoms. The molecule has 102 valence electrons. The van der Waals surface area contributed by atoms with Crippen LogP contribution in [0.5, 0.6) is 0 Å². The smallest absolute Gasteiger partial charge is 0.224 e. The van der Waals surface area contributed by atoms with Crippen molar-refractivity contribution in [2.75, 3.05) is 13.2 Å². The fourth-order valence-corrected chi connectivity index (χ4v) is 2.82. The molecule has 1 saturated heterocycles. The van der Waals surface area contributed by atoms with Gasteiger partial charge < -0.3 is 21.0 Å². The Labute approximate surface area is 107 Å². The van der Waals surface area contributed by atoms with E-state index in [1.165, 1.54) is 0 Å². The van der Waals surface area contributed by atoms with Crippen LogP contribution in [0.3, 0.4) is 0 Å². The van der Waals surface area contributed by atoms with Crippen LogP contribution in [-0.4, -0.2) is 35.7 Å². The van der Waals surface area contributed by atoms with Crippen molar-refractivity contribution in [2.45, 2.75) is 44.1 Å². The van der Waals surface area contributed by atoms with Crippen molar-refractivity contribution < 1.29 is 14.7 Å². The van der Waals surface area contributed by atoms with Gasteiger partial charge in [0.2, 0.25) is 5.91 Å². The van der Waals surface area contributed by atoms with Crippen molar-refractivity contribution in [3.63, 3.8) is 0 Å². The first kappa shape index (κ1) is 13.1. The molecule has 2 aliphatic rings. The number of nitrogens with two attached hydrogens (primary N) is 1. The summed E-state index contributed by atoms with van der Waals surface area (Å²) in [6.45, 7) is 1.27. The predicted octanol–water partition coefficient (Wildman–Crippen LogP) is 0.588. The number of ether oxygens (including phenoxy) is 1. The van der Waals surface area contributed by atoms with Gasteiger partial charge in [0.25, 0.3) is 0 Å². The maximum atomic E-state index is 12.2. The molecule has 0 atom stereocenters. The summed E-state index contributed by atoms with van der Waals surface area (Å²) in [6, 6.07) is 0. The number of amidine groups is 1. The second kappa shape index (κ2) is 5.56. The van der Waals surface area contributed by atoms with Gasteiger partial charge >= 0.3 is 0 Å². The van der Waals surface area contributed by atoms with Crippen molar-refractivity contribution in [1.82, 2.24) is 5.32 Å². The second-order valence-corrected chi connectivity index (χ2v) is 5.15. The summed E-state index contributed by atoms with van der Waals surface area (Å²) in [4.78, 5) is 12.2.